The number of anilines is 2. The Labute approximate surface area is 170 Å². The van der Waals surface area contributed by atoms with Crippen LogP contribution in [0.3, 0.4) is 0 Å². The topological polar surface area (TPSA) is 92.3 Å². The molecule has 3 rings (SSSR count). The lowest BCUT2D eigenvalue weighted by atomic mass is 10.2. The van der Waals surface area contributed by atoms with Crippen molar-refractivity contribution in [2.75, 3.05) is 9.44 Å². The zero-order valence-electron chi connectivity index (χ0n) is 14.0. The first-order valence-electron chi connectivity index (χ1n) is 7.63. The molecule has 0 aliphatic carbocycles. The summed E-state index contributed by atoms with van der Waals surface area (Å²) in [5, 5.41) is 0. The van der Waals surface area contributed by atoms with Gasteiger partial charge in [-0.3, -0.25) is 9.44 Å². The number of hydrogen-bond acceptors (Lipinski definition) is 5. The highest BCUT2D eigenvalue weighted by Crippen LogP contribution is 2.28. The molecule has 2 aromatic carbocycles. The average Bonchev–Trinajstić information content (AvgIpc) is 3.04. The minimum absolute atomic E-state index is 0.0323. The van der Waals surface area contributed by atoms with E-state index in [1.165, 1.54) is 30.3 Å². The maximum absolute atomic E-state index is 12.5. The Morgan fingerprint density at radius 2 is 1.26 bits per heavy atom. The number of rotatable bonds is 6. The SMILES string of the molecule is Cc1ccc(NS(=O)(=O)c2ccc(NS(=O)(=O)c3ccc(Br)s3)cc2)cc1. The highest BCUT2D eigenvalue weighted by atomic mass is 79.9. The number of sulfonamides is 2. The number of halogens is 1. The number of aryl methyl sites for hydroxylation is 1. The van der Waals surface area contributed by atoms with Crippen molar-refractivity contribution >= 4 is 58.7 Å². The fourth-order valence-corrected chi connectivity index (χ4v) is 6.31. The Morgan fingerprint density at radius 3 is 1.78 bits per heavy atom. The summed E-state index contributed by atoms with van der Waals surface area (Å²) in [4.78, 5) is 0.0323. The maximum atomic E-state index is 12.5. The van der Waals surface area contributed by atoms with Gasteiger partial charge in [-0.05, 0) is 71.4 Å². The second-order valence-electron chi connectivity index (χ2n) is 5.66. The van der Waals surface area contributed by atoms with Crippen molar-refractivity contribution in [3.05, 3.63) is 70.0 Å². The lowest BCUT2D eigenvalue weighted by molar-refractivity contribution is 0.600. The van der Waals surface area contributed by atoms with E-state index in [1.54, 1.807) is 30.3 Å². The third-order valence-corrected chi connectivity index (χ3v) is 8.43. The number of nitrogens with one attached hydrogen (secondary N) is 2. The second kappa shape index (κ2) is 7.63. The van der Waals surface area contributed by atoms with E-state index in [-0.39, 0.29) is 14.8 Å². The van der Waals surface area contributed by atoms with Crippen LogP contribution in [0.4, 0.5) is 11.4 Å². The van der Waals surface area contributed by atoms with Gasteiger partial charge in [0, 0.05) is 11.4 Å². The Bertz CT molecular complexity index is 1150. The van der Waals surface area contributed by atoms with Gasteiger partial charge in [0.15, 0.2) is 0 Å². The van der Waals surface area contributed by atoms with Crippen LogP contribution in [0, 0.1) is 6.92 Å². The lowest BCUT2D eigenvalue weighted by Crippen LogP contribution is -2.14. The van der Waals surface area contributed by atoms with Gasteiger partial charge in [-0.25, -0.2) is 16.8 Å². The molecule has 0 saturated heterocycles. The summed E-state index contributed by atoms with van der Waals surface area (Å²) in [6, 6.07) is 15.6. The predicted molar refractivity (Wildman–Crippen MR) is 111 cm³/mol. The molecule has 1 heterocycles. The number of hydrogen-bond donors (Lipinski definition) is 2. The second-order valence-corrected chi connectivity index (χ2v) is 11.7. The van der Waals surface area contributed by atoms with Crippen molar-refractivity contribution in [3.63, 3.8) is 0 Å². The Balaban J connectivity index is 1.77. The van der Waals surface area contributed by atoms with Crippen LogP contribution >= 0.6 is 27.3 Å². The van der Waals surface area contributed by atoms with E-state index in [9.17, 15) is 16.8 Å². The van der Waals surface area contributed by atoms with Gasteiger partial charge in [-0.1, -0.05) is 17.7 Å². The van der Waals surface area contributed by atoms with Crippen LogP contribution in [0.2, 0.25) is 0 Å². The van der Waals surface area contributed by atoms with E-state index in [0.29, 0.717) is 9.47 Å². The third kappa shape index (κ3) is 4.89. The van der Waals surface area contributed by atoms with Crippen molar-refractivity contribution in [1.82, 2.24) is 0 Å². The Morgan fingerprint density at radius 1 is 0.741 bits per heavy atom. The summed E-state index contributed by atoms with van der Waals surface area (Å²) in [5.74, 6) is 0. The van der Waals surface area contributed by atoms with Gasteiger partial charge >= 0.3 is 0 Å². The quantitative estimate of drug-likeness (QED) is 0.539. The van der Waals surface area contributed by atoms with Gasteiger partial charge in [0.1, 0.15) is 4.21 Å². The molecular weight excluding hydrogens is 472 g/mol. The van der Waals surface area contributed by atoms with Crippen molar-refractivity contribution in [1.29, 1.82) is 0 Å². The van der Waals surface area contributed by atoms with Gasteiger partial charge in [0.25, 0.3) is 20.0 Å². The molecule has 0 atom stereocenters. The molecule has 0 unspecified atom stereocenters. The minimum atomic E-state index is -3.77. The first-order valence-corrected chi connectivity index (χ1v) is 12.2. The maximum Gasteiger partial charge on any atom is 0.271 e. The molecule has 0 radical (unpaired) electrons. The van der Waals surface area contributed by atoms with E-state index >= 15 is 0 Å². The normalized spacial score (nSPS) is 11.9. The standard InChI is InChI=1S/C17H15BrN2O4S3/c1-12-2-4-13(5-3-12)19-26(21,22)15-8-6-14(7-9-15)20-27(23,24)17-11-10-16(18)25-17/h2-11,19-20H,1H3. The van der Waals surface area contributed by atoms with Gasteiger partial charge in [0.05, 0.1) is 8.68 Å². The third-order valence-electron chi connectivity index (χ3n) is 3.53. The summed E-state index contributed by atoms with van der Waals surface area (Å²) in [6.07, 6.45) is 0. The molecule has 0 bridgehead atoms. The van der Waals surface area contributed by atoms with E-state index in [4.69, 9.17) is 0 Å². The van der Waals surface area contributed by atoms with Crippen LogP contribution in [-0.4, -0.2) is 16.8 Å². The highest BCUT2D eigenvalue weighted by molar-refractivity contribution is 9.11. The summed E-state index contributed by atoms with van der Waals surface area (Å²) < 4.78 is 55.3. The molecule has 1 aromatic heterocycles. The summed E-state index contributed by atoms with van der Waals surface area (Å²) in [5.41, 5.74) is 1.75. The average molecular weight is 487 g/mol. The van der Waals surface area contributed by atoms with Gasteiger partial charge in [0.2, 0.25) is 0 Å². The molecular formula is C17H15BrN2O4S3. The molecule has 0 fully saturated rings. The zero-order valence-corrected chi connectivity index (χ0v) is 18.0. The minimum Gasteiger partial charge on any atom is -0.280 e. The lowest BCUT2D eigenvalue weighted by Gasteiger charge is -2.10. The van der Waals surface area contributed by atoms with Gasteiger partial charge < -0.3 is 0 Å². The van der Waals surface area contributed by atoms with E-state index in [1.807, 2.05) is 6.92 Å². The summed E-state index contributed by atoms with van der Waals surface area (Å²) in [7, 11) is -7.49. The molecule has 0 amide bonds. The molecule has 27 heavy (non-hydrogen) atoms. The predicted octanol–water partition coefficient (Wildman–Crippen LogP) is 4.42. The number of benzene rings is 2. The Kier molecular flexibility index (Phi) is 5.61. The fraction of sp³-hybridized carbons (Fsp3) is 0.0588. The first kappa shape index (κ1) is 19.9. The summed E-state index contributed by atoms with van der Waals surface area (Å²) >= 11 is 4.31. The molecule has 10 heteroatoms. The van der Waals surface area contributed by atoms with Crippen molar-refractivity contribution in [2.24, 2.45) is 0 Å². The van der Waals surface area contributed by atoms with Crippen molar-refractivity contribution < 1.29 is 16.8 Å². The first-order chi connectivity index (χ1) is 12.7. The van der Waals surface area contributed by atoms with E-state index < -0.39 is 20.0 Å². The van der Waals surface area contributed by atoms with Crippen molar-refractivity contribution in [2.45, 2.75) is 16.0 Å². The molecule has 6 nitrogen and oxygen atoms in total. The monoisotopic (exact) mass is 486 g/mol. The molecule has 0 spiro atoms. The Hall–Kier alpha value is -1.88. The van der Waals surface area contributed by atoms with Gasteiger partial charge in [-0.15, -0.1) is 11.3 Å². The molecule has 0 aliphatic heterocycles. The zero-order chi connectivity index (χ0) is 19.7. The van der Waals surface area contributed by atoms with Crippen LogP contribution < -0.4 is 9.44 Å². The largest absolute Gasteiger partial charge is 0.280 e. The summed E-state index contributed by atoms with van der Waals surface area (Å²) in [6.45, 7) is 1.91. The van der Waals surface area contributed by atoms with Crippen LogP contribution in [0.15, 0.2) is 73.6 Å². The van der Waals surface area contributed by atoms with Crippen LogP contribution in [0.25, 0.3) is 0 Å². The molecule has 0 aliphatic rings. The fourth-order valence-electron chi connectivity index (χ4n) is 2.19. The van der Waals surface area contributed by atoms with E-state index in [0.717, 1.165) is 16.9 Å². The van der Waals surface area contributed by atoms with Crippen LogP contribution in [0.1, 0.15) is 5.56 Å². The van der Waals surface area contributed by atoms with E-state index in [2.05, 4.69) is 25.4 Å². The van der Waals surface area contributed by atoms with Gasteiger partial charge in [-0.2, -0.15) is 0 Å². The number of thiophene rings is 1. The van der Waals surface area contributed by atoms with Crippen molar-refractivity contribution in [3.8, 4) is 0 Å². The molecule has 3 aromatic rings. The molecule has 0 saturated carbocycles. The highest BCUT2D eigenvalue weighted by Gasteiger charge is 2.18. The molecule has 2 N–H and O–H groups in total. The van der Waals surface area contributed by atoms with Crippen LogP contribution in [0.5, 0.6) is 0 Å². The smallest absolute Gasteiger partial charge is 0.271 e. The van der Waals surface area contributed by atoms with Crippen LogP contribution in [-0.2, 0) is 20.0 Å². The molecule has 142 valence electrons.